The van der Waals surface area contributed by atoms with E-state index < -0.39 is 11.7 Å². The smallest absolute Gasteiger partial charge is 0.407 e. The van der Waals surface area contributed by atoms with Crippen LogP contribution in [0.5, 0.6) is 0 Å². The molecule has 0 bridgehead atoms. The molecule has 0 radical (unpaired) electrons. The second-order valence-corrected chi connectivity index (χ2v) is 6.04. The maximum atomic E-state index is 11.7. The molecule has 0 spiro atoms. The third-order valence-electron chi connectivity index (χ3n) is 3.03. The van der Waals surface area contributed by atoms with Gasteiger partial charge in [-0.2, -0.15) is 0 Å². The Hall–Kier alpha value is -1.55. The molecule has 0 aliphatic heterocycles. The molecule has 1 aromatic carbocycles. The molecule has 0 fully saturated rings. The highest BCUT2D eigenvalue weighted by molar-refractivity contribution is 5.68. The topological polar surface area (TPSA) is 64.3 Å². The summed E-state index contributed by atoms with van der Waals surface area (Å²) in [5.74, 6) is 0. The summed E-state index contributed by atoms with van der Waals surface area (Å²) in [6, 6.07) is 8.19. The fourth-order valence-corrected chi connectivity index (χ4v) is 1.94. The molecule has 0 aromatic heterocycles. The molecule has 1 aromatic rings. The van der Waals surface area contributed by atoms with E-state index in [-0.39, 0.29) is 6.04 Å². The second-order valence-electron chi connectivity index (χ2n) is 6.04. The van der Waals surface area contributed by atoms with Crippen LogP contribution in [-0.4, -0.2) is 24.3 Å². The maximum Gasteiger partial charge on any atom is 0.407 e. The van der Waals surface area contributed by atoms with Gasteiger partial charge in [-0.3, -0.25) is 0 Å². The zero-order valence-corrected chi connectivity index (χ0v) is 12.9. The van der Waals surface area contributed by atoms with Gasteiger partial charge in [-0.15, -0.1) is 0 Å². The highest BCUT2D eigenvalue weighted by Gasteiger charge is 2.18. The van der Waals surface area contributed by atoms with Crippen LogP contribution in [0, 0.1) is 6.92 Å². The molecule has 0 aliphatic carbocycles. The average Bonchev–Trinajstić information content (AvgIpc) is 2.34. The van der Waals surface area contributed by atoms with Crippen molar-refractivity contribution in [2.24, 2.45) is 5.73 Å². The molecule has 0 aliphatic rings. The summed E-state index contributed by atoms with van der Waals surface area (Å²) in [6.07, 6.45) is 1.29. The van der Waals surface area contributed by atoms with Crippen LogP contribution >= 0.6 is 0 Å². The molecule has 0 heterocycles. The molecular formula is C16H26N2O2. The minimum atomic E-state index is -0.487. The van der Waals surface area contributed by atoms with Gasteiger partial charge in [0.1, 0.15) is 5.60 Å². The summed E-state index contributed by atoms with van der Waals surface area (Å²) in [5, 5.41) is 2.83. The lowest BCUT2D eigenvalue weighted by molar-refractivity contribution is 0.0503. The Bertz CT molecular complexity index is 438. The fraction of sp³-hybridized carbons (Fsp3) is 0.562. The van der Waals surface area contributed by atoms with E-state index in [2.05, 4.69) is 24.4 Å². The molecule has 1 unspecified atom stereocenters. The number of nitrogens with one attached hydrogen (secondary N) is 1. The predicted molar refractivity (Wildman–Crippen MR) is 81.7 cm³/mol. The van der Waals surface area contributed by atoms with E-state index in [0.29, 0.717) is 6.54 Å². The summed E-state index contributed by atoms with van der Waals surface area (Å²) in [4.78, 5) is 11.7. The molecule has 0 saturated heterocycles. The number of carbonyl (C=O) groups is 1. The molecule has 0 saturated carbocycles. The Labute approximate surface area is 121 Å². The van der Waals surface area contributed by atoms with Gasteiger partial charge in [0.2, 0.25) is 0 Å². The Morgan fingerprint density at radius 2 is 2.00 bits per heavy atom. The fourth-order valence-electron chi connectivity index (χ4n) is 1.94. The van der Waals surface area contributed by atoms with Gasteiger partial charge in [0, 0.05) is 12.6 Å². The first-order valence-corrected chi connectivity index (χ1v) is 7.06. The van der Waals surface area contributed by atoms with Crippen LogP contribution in [0.3, 0.4) is 0 Å². The largest absolute Gasteiger partial charge is 0.444 e. The van der Waals surface area contributed by atoms with Gasteiger partial charge < -0.3 is 15.8 Å². The Kier molecular flexibility index (Phi) is 6.02. The van der Waals surface area contributed by atoms with Gasteiger partial charge in [0.15, 0.2) is 0 Å². The van der Waals surface area contributed by atoms with Gasteiger partial charge in [0.05, 0.1) is 0 Å². The van der Waals surface area contributed by atoms with Crippen molar-refractivity contribution in [3.63, 3.8) is 0 Å². The van der Waals surface area contributed by atoms with E-state index in [0.717, 1.165) is 12.8 Å². The third-order valence-corrected chi connectivity index (χ3v) is 3.03. The third kappa shape index (κ3) is 6.06. The van der Waals surface area contributed by atoms with Crippen LogP contribution in [0.4, 0.5) is 4.79 Å². The summed E-state index contributed by atoms with van der Waals surface area (Å²) < 4.78 is 5.24. The number of hydrogen-bond donors (Lipinski definition) is 2. The predicted octanol–water partition coefficient (Wildman–Crippen LogP) is 2.78. The SMILES string of the molecule is Cc1ccccc1CCC(CN)NC(=O)OC(C)(C)C. The highest BCUT2D eigenvalue weighted by atomic mass is 16.6. The monoisotopic (exact) mass is 278 g/mol. The summed E-state index contributed by atoms with van der Waals surface area (Å²) in [7, 11) is 0. The standard InChI is InChI=1S/C16H26N2O2/c1-12-7-5-6-8-13(12)9-10-14(11-17)18-15(19)20-16(2,3)4/h5-8,14H,9-11,17H2,1-4H3,(H,18,19). The van der Waals surface area contributed by atoms with Crippen molar-refractivity contribution < 1.29 is 9.53 Å². The Morgan fingerprint density at radius 1 is 1.35 bits per heavy atom. The van der Waals surface area contributed by atoms with Crippen molar-refractivity contribution >= 4 is 6.09 Å². The van der Waals surface area contributed by atoms with E-state index in [1.807, 2.05) is 32.9 Å². The lowest BCUT2D eigenvalue weighted by Crippen LogP contribution is -2.43. The van der Waals surface area contributed by atoms with Crippen molar-refractivity contribution in [3.8, 4) is 0 Å². The molecular weight excluding hydrogens is 252 g/mol. The number of ether oxygens (including phenoxy) is 1. The number of nitrogens with two attached hydrogens (primary N) is 1. The zero-order chi connectivity index (χ0) is 15.2. The summed E-state index contributed by atoms with van der Waals surface area (Å²) in [6.45, 7) is 8.03. The van der Waals surface area contributed by atoms with Gasteiger partial charge in [-0.25, -0.2) is 4.79 Å². The molecule has 4 nitrogen and oxygen atoms in total. The van der Waals surface area contributed by atoms with E-state index in [4.69, 9.17) is 10.5 Å². The van der Waals surface area contributed by atoms with Crippen LogP contribution < -0.4 is 11.1 Å². The van der Waals surface area contributed by atoms with Crippen LogP contribution in [-0.2, 0) is 11.2 Å². The van der Waals surface area contributed by atoms with Crippen molar-refractivity contribution in [1.82, 2.24) is 5.32 Å². The molecule has 4 heteroatoms. The number of hydrogen-bond acceptors (Lipinski definition) is 3. The molecule has 3 N–H and O–H groups in total. The number of alkyl carbamates (subject to hydrolysis) is 1. The van der Waals surface area contributed by atoms with Crippen molar-refractivity contribution in [1.29, 1.82) is 0 Å². The maximum absolute atomic E-state index is 11.7. The van der Waals surface area contributed by atoms with Crippen LogP contribution in [0.15, 0.2) is 24.3 Å². The van der Waals surface area contributed by atoms with Crippen molar-refractivity contribution in [2.75, 3.05) is 6.54 Å². The average molecular weight is 278 g/mol. The first kappa shape index (κ1) is 16.5. The Morgan fingerprint density at radius 3 is 2.55 bits per heavy atom. The number of benzene rings is 1. The molecule has 20 heavy (non-hydrogen) atoms. The Balaban J connectivity index is 2.48. The minimum absolute atomic E-state index is 0.0653. The minimum Gasteiger partial charge on any atom is -0.444 e. The van der Waals surface area contributed by atoms with E-state index >= 15 is 0 Å². The van der Waals surface area contributed by atoms with Crippen LogP contribution in [0.25, 0.3) is 0 Å². The van der Waals surface area contributed by atoms with Crippen LogP contribution in [0.1, 0.15) is 38.3 Å². The number of amides is 1. The van der Waals surface area contributed by atoms with E-state index in [1.165, 1.54) is 11.1 Å². The number of rotatable bonds is 5. The van der Waals surface area contributed by atoms with Crippen molar-refractivity contribution in [2.45, 2.75) is 52.2 Å². The zero-order valence-electron chi connectivity index (χ0n) is 12.9. The van der Waals surface area contributed by atoms with Gasteiger partial charge in [-0.05, 0) is 51.7 Å². The number of carbonyl (C=O) groups excluding carboxylic acids is 1. The van der Waals surface area contributed by atoms with Crippen molar-refractivity contribution in [3.05, 3.63) is 35.4 Å². The lowest BCUT2D eigenvalue weighted by atomic mass is 10.0. The molecule has 1 rings (SSSR count). The van der Waals surface area contributed by atoms with Gasteiger partial charge in [-0.1, -0.05) is 24.3 Å². The van der Waals surface area contributed by atoms with Crippen LogP contribution in [0.2, 0.25) is 0 Å². The number of aryl methyl sites for hydroxylation is 2. The van der Waals surface area contributed by atoms with Gasteiger partial charge >= 0.3 is 6.09 Å². The summed E-state index contributed by atoms with van der Waals surface area (Å²) >= 11 is 0. The lowest BCUT2D eigenvalue weighted by Gasteiger charge is -2.23. The quantitative estimate of drug-likeness (QED) is 0.870. The first-order chi connectivity index (χ1) is 9.31. The first-order valence-electron chi connectivity index (χ1n) is 7.06. The van der Waals surface area contributed by atoms with Gasteiger partial charge in [0.25, 0.3) is 0 Å². The molecule has 1 amide bonds. The summed E-state index contributed by atoms with van der Waals surface area (Å²) in [5.41, 5.74) is 7.78. The normalized spacial score (nSPS) is 12.8. The molecule has 1 atom stereocenters. The van der Waals surface area contributed by atoms with E-state index in [1.54, 1.807) is 0 Å². The molecule has 112 valence electrons. The second kappa shape index (κ2) is 7.29. The highest BCUT2D eigenvalue weighted by Crippen LogP contribution is 2.11. The van der Waals surface area contributed by atoms with E-state index in [9.17, 15) is 4.79 Å².